The van der Waals surface area contributed by atoms with Gasteiger partial charge in [-0.25, -0.2) is 23.4 Å². The molecule has 0 unspecified atom stereocenters. The molecule has 2 aromatic heterocycles. The number of aromatic nitrogens is 5. The average molecular weight is 563 g/mol. The molecule has 5 rings (SSSR count). The van der Waals surface area contributed by atoms with Crippen molar-refractivity contribution >= 4 is 34.7 Å². The number of thioether (sulfide) groups is 1. The van der Waals surface area contributed by atoms with Crippen molar-refractivity contribution in [2.24, 2.45) is 5.41 Å². The van der Waals surface area contributed by atoms with Gasteiger partial charge in [0.2, 0.25) is 0 Å². The monoisotopic (exact) mass is 562 g/mol. The first-order valence-electron chi connectivity index (χ1n) is 13.0. The third-order valence-electron chi connectivity index (χ3n) is 7.01. The lowest BCUT2D eigenvalue weighted by Crippen LogP contribution is -2.36. The first kappa shape index (κ1) is 27.7. The standard InChI is InChI=1S/C26H32F2N6O4S/c1-5-8-39-25-30-22(29-16-10-13(16)12-6-7-14(27)15(28)9-12)19-23(31-25)34(33-32-19)17-11-18(21(36)20(17)35)38-24(37)26(2,3)4/h6-7,9,13,16-18,20-21,35-36H,5,8,10-11H2,1-4H3,(H,29,30,31)/t13-,16+,17+,18-,20-,21+/m0/s1. The third kappa shape index (κ3) is 5.57. The number of halogens is 2. The second-order valence-electron chi connectivity index (χ2n) is 11.2. The Morgan fingerprint density at radius 1 is 1.18 bits per heavy atom. The van der Waals surface area contributed by atoms with Crippen LogP contribution >= 0.6 is 11.8 Å². The molecule has 2 aliphatic carbocycles. The van der Waals surface area contributed by atoms with Gasteiger partial charge in [-0.3, -0.25) is 4.79 Å². The molecule has 210 valence electrons. The van der Waals surface area contributed by atoms with Crippen LogP contribution in [0.2, 0.25) is 0 Å². The predicted octanol–water partition coefficient (Wildman–Crippen LogP) is 3.59. The van der Waals surface area contributed by atoms with Crippen LogP contribution in [0.4, 0.5) is 14.6 Å². The topological polar surface area (TPSA) is 135 Å². The van der Waals surface area contributed by atoms with Crippen LogP contribution in [-0.4, -0.2) is 71.3 Å². The van der Waals surface area contributed by atoms with Gasteiger partial charge in [0.25, 0.3) is 0 Å². The minimum Gasteiger partial charge on any atom is -0.459 e. The molecule has 2 fully saturated rings. The number of nitrogens with one attached hydrogen (secondary N) is 1. The summed E-state index contributed by atoms with van der Waals surface area (Å²) >= 11 is 1.46. The van der Waals surface area contributed by atoms with Gasteiger partial charge in [0, 0.05) is 24.1 Å². The molecule has 0 saturated heterocycles. The van der Waals surface area contributed by atoms with Crippen molar-refractivity contribution in [1.29, 1.82) is 0 Å². The number of benzene rings is 1. The molecular formula is C26H32F2N6O4S. The van der Waals surface area contributed by atoms with E-state index >= 15 is 0 Å². The number of ether oxygens (including phenoxy) is 1. The van der Waals surface area contributed by atoms with Gasteiger partial charge in [0.05, 0.1) is 11.5 Å². The van der Waals surface area contributed by atoms with Crippen molar-refractivity contribution in [2.75, 3.05) is 11.1 Å². The van der Waals surface area contributed by atoms with Gasteiger partial charge < -0.3 is 20.3 Å². The maximum Gasteiger partial charge on any atom is 0.311 e. The zero-order valence-electron chi connectivity index (χ0n) is 22.1. The summed E-state index contributed by atoms with van der Waals surface area (Å²) in [5.74, 6) is -1.03. The second kappa shape index (κ2) is 10.6. The Kier molecular flexibility index (Phi) is 7.51. The van der Waals surface area contributed by atoms with Crippen molar-refractivity contribution in [3.63, 3.8) is 0 Å². The summed E-state index contributed by atoms with van der Waals surface area (Å²) in [7, 11) is 0. The van der Waals surface area contributed by atoms with E-state index in [0.717, 1.165) is 18.2 Å². The Hall–Kier alpha value is -2.90. The number of carbonyl (C=O) groups excluding carboxylic acids is 1. The van der Waals surface area contributed by atoms with E-state index in [0.29, 0.717) is 34.1 Å². The number of fused-ring (bicyclic) bond motifs is 1. The molecule has 3 aromatic rings. The van der Waals surface area contributed by atoms with E-state index in [2.05, 4.69) is 25.6 Å². The Morgan fingerprint density at radius 3 is 2.64 bits per heavy atom. The van der Waals surface area contributed by atoms with Crippen LogP contribution < -0.4 is 5.32 Å². The number of nitrogens with zero attached hydrogens (tertiary/aromatic N) is 5. The van der Waals surface area contributed by atoms with Crippen LogP contribution in [0.15, 0.2) is 23.4 Å². The molecule has 0 aliphatic heterocycles. The zero-order chi connectivity index (χ0) is 28.1. The van der Waals surface area contributed by atoms with E-state index in [1.54, 1.807) is 26.8 Å². The van der Waals surface area contributed by atoms with Crippen LogP contribution in [-0.2, 0) is 9.53 Å². The number of carbonyl (C=O) groups is 1. The van der Waals surface area contributed by atoms with Gasteiger partial charge in [-0.15, -0.1) is 5.10 Å². The fraction of sp³-hybridized carbons (Fsp3) is 0.577. The summed E-state index contributed by atoms with van der Waals surface area (Å²) in [6.07, 6.45) is -1.72. The van der Waals surface area contributed by atoms with Crippen LogP contribution in [0.5, 0.6) is 0 Å². The minimum atomic E-state index is -1.29. The van der Waals surface area contributed by atoms with Gasteiger partial charge in [0.15, 0.2) is 33.8 Å². The third-order valence-corrected chi connectivity index (χ3v) is 8.06. The summed E-state index contributed by atoms with van der Waals surface area (Å²) in [6, 6.07) is 3.12. The number of esters is 1. The fourth-order valence-electron chi connectivity index (χ4n) is 4.67. The van der Waals surface area contributed by atoms with Gasteiger partial charge in [-0.1, -0.05) is 30.0 Å². The molecule has 0 bridgehead atoms. The van der Waals surface area contributed by atoms with Crippen molar-refractivity contribution < 1.29 is 28.5 Å². The van der Waals surface area contributed by atoms with Crippen molar-refractivity contribution in [1.82, 2.24) is 25.0 Å². The van der Waals surface area contributed by atoms with E-state index in [9.17, 15) is 23.8 Å². The molecule has 0 spiro atoms. The largest absolute Gasteiger partial charge is 0.459 e. The molecule has 0 amide bonds. The van der Waals surface area contributed by atoms with Crippen LogP contribution in [0.25, 0.3) is 11.2 Å². The Labute approximate surface area is 228 Å². The van der Waals surface area contributed by atoms with E-state index in [1.165, 1.54) is 22.5 Å². The van der Waals surface area contributed by atoms with Crippen molar-refractivity contribution in [3.8, 4) is 0 Å². The SMILES string of the molecule is CCCSc1nc(N[C@@H]2C[C@H]2c2ccc(F)c(F)c2)c2nnn([C@@H]3C[C@H](OC(=O)C(C)(C)C)[C@@H](O)[C@H]3O)c2n1. The molecule has 2 heterocycles. The molecule has 39 heavy (non-hydrogen) atoms. The first-order chi connectivity index (χ1) is 18.5. The summed E-state index contributed by atoms with van der Waals surface area (Å²) in [5, 5.41) is 33.9. The Morgan fingerprint density at radius 2 is 1.95 bits per heavy atom. The molecular weight excluding hydrogens is 530 g/mol. The summed E-state index contributed by atoms with van der Waals surface area (Å²) < 4.78 is 34.1. The summed E-state index contributed by atoms with van der Waals surface area (Å²) in [4.78, 5) is 21.7. The Bertz CT molecular complexity index is 1380. The molecule has 10 nitrogen and oxygen atoms in total. The molecule has 2 aliphatic rings. The molecule has 1 aromatic carbocycles. The highest BCUT2D eigenvalue weighted by atomic mass is 32.2. The maximum absolute atomic E-state index is 13.8. The van der Waals surface area contributed by atoms with Gasteiger partial charge in [-0.05, 0) is 51.3 Å². The lowest BCUT2D eigenvalue weighted by Gasteiger charge is -2.22. The maximum atomic E-state index is 13.8. The lowest BCUT2D eigenvalue weighted by molar-refractivity contribution is -0.164. The highest BCUT2D eigenvalue weighted by Gasteiger charge is 2.47. The van der Waals surface area contributed by atoms with Gasteiger partial charge in [0.1, 0.15) is 18.3 Å². The summed E-state index contributed by atoms with van der Waals surface area (Å²) in [6.45, 7) is 7.19. The number of anilines is 1. The van der Waals surface area contributed by atoms with E-state index in [-0.39, 0.29) is 18.4 Å². The molecule has 3 N–H and O–H groups in total. The van der Waals surface area contributed by atoms with Gasteiger partial charge >= 0.3 is 5.97 Å². The summed E-state index contributed by atoms with van der Waals surface area (Å²) in [5.41, 5.74) is 0.682. The Balaban J connectivity index is 1.42. The zero-order valence-corrected chi connectivity index (χ0v) is 23.0. The van der Waals surface area contributed by atoms with E-state index < -0.39 is 47.4 Å². The number of aliphatic hydroxyl groups is 2. The number of aliphatic hydroxyl groups excluding tert-OH is 2. The van der Waals surface area contributed by atoms with E-state index in [4.69, 9.17) is 4.74 Å². The highest BCUT2D eigenvalue weighted by molar-refractivity contribution is 7.99. The van der Waals surface area contributed by atoms with Crippen molar-refractivity contribution in [3.05, 3.63) is 35.4 Å². The van der Waals surface area contributed by atoms with Crippen LogP contribution in [0.3, 0.4) is 0 Å². The van der Waals surface area contributed by atoms with Crippen LogP contribution in [0, 0.1) is 17.0 Å². The molecule has 13 heteroatoms. The van der Waals surface area contributed by atoms with Gasteiger partial charge in [-0.2, -0.15) is 0 Å². The number of hydrogen-bond donors (Lipinski definition) is 3. The van der Waals surface area contributed by atoms with E-state index in [1.807, 2.05) is 6.92 Å². The quantitative estimate of drug-likeness (QED) is 0.212. The molecule has 2 saturated carbocycles. The molecule has 0 radical (unpaired) electrons. The smallest absolute Gasteiger partial charge is 0.311 e. The fourth-order valence-corrected chi connectivity index (χ4v) is 5.37. The predicted molar refractivity (Wildman–Crippen MR) is 140 cm³/mol. The minimum absolute atomic E-state index is 0.0167. The number of rotatable bonds is 8. The lowest BCUT2D eigenvalue weighted by atomic mass is 9.97. The molecule has 6 atom stereocenters. The number of hydrogen-bond acceptors (Lipinski definition) is 10. The normalized spacial score (nSPS) is 26.7. The van der Waals surface area contributed by atoms with Crippen LogP contribution in [0.1, 0.15) is 64.5 Å². The first-order valence-corrected chi connectivity index (χ1v) is 14.0. The highest BCUT2D eigenvalue weighted by Crippen LogP contribution is 2.44. The van der Waals surface area contributed by atoms with Crippen molar-refractivity contribution in [2.45, 2.75) is 88.4 Å². The second-order valence-corrected chi connectivity index (χ2v) is 12.2. The average Bonchev–Trinajstić information content (AvgIpc) is 3.43.